The zero-order valence-electron chi connectivity index (χ0n) is 8.31. The molecule has 0 aliphatic carbocycles. The minimum Gasteiger partial charge on any atom is -0.399 e. The number of hydrogen-bond acceptors (Lipinski definition) is 2. The van der Waals surface area contributed by atoms with E-state index in [9.17, 15) is 4.39 Å². The summed E-state index contributed by atoms with van der Waals surface area (Å²) < 4.78 is 13.2. The molecule has 0 aromatic heterocycles. The van der Waals surface area contributed by atoms with Gasteiger partial charge >= 0.3 is 0 Å². The molecule has 0 bridgehead atoms. The Morgan fingerprint density at radius 2 is 2.29 bits per heavy atom. The Bertz CT molecular complexity index is 334. The molecule has 0 atom stereocenters. The van der Waals surface area contributed by atoms with E-state index in [1.165, 1.54) is 6.07 Å². The minimum absolute atomic E-state index is 0.325. The molecular formula is C11H15FN2. The van der Waals surface area contributed by atoms with Crippen molar-refractivity contribution in [3.05, 3.63) is 36.2 Å². The Morgan fingerprint density at radius 3 is 2.86 bits per heavy atom. The lowest BCUT2D eigenvalue weighted by atomic mass is 10.2. The fourth-order valence-electron chi connectivity index (χ4n) is 1.02. The van der Waals surface area contributed by atoms with Gasteiger partial charge in [-0.05, 0) is 24.6 Å². The number of benzene rings is 1. The molecule has 0 radical (unpaired) electrons. The van der Waals surface area contributed by atoms with Crippen molar-refractivity contribution < 1.29 is 4.39 Å². The molecule has 0 heterocycles. The van der Waals surface area contributed by atoms with Crippen molar-refractivity contribution in [3.8, 4) is 0 Å². The first-order valence-electron chi connectivity index (χ1n) is 4.59. The molecule has 3 N–H and O–H groups in total. The monoisotopic (exact) mass is 194 g/mol. The summed E-state index contributed by atoms with van der Waals surface area (Å²) in [5.41, 5.74) is 7.37. The Balaban J connectivity index is 2.63. The Kier molecular flexibility index (Phi) is 3.51. The highest BCUT2D eigenvalue weighted by Gasteiger charge is 2.01. The highest BCUT2D eigenvalue weighted by Crippen LogP contribution is 2.17. The third-order valence-corrected chi connectivity index (χ3v) is 2.02. The average molecular weight is 194 g/mol. The molecule has 0 aliphatic rings. The van der Waals surface area contributed by atoms with E-state index in [0.717, 1.165) is 12.0 Å². The lowest BCUT2D eigenvalue weighted by Crippen LogP contribution is -2.05. The Hall–Kier alpha value is -1.51. The van der Waals surface area contributed by atoms with Crippen LogP contribution in [0.3, 0.4) is 0 Å². The van der Waals surface area contributed by atoms with Gasteiger partial charge in [0.25, 0.3) is 0 Å². The molecule has 0 amide bonds. The van der Waals surface area contributed by atoms with E-state index in [0.29, 0.717) is 17.9 Å². The van der Waals surface area contributed by atoms with Crippen molar-refractivity contribution in [2.45, 2.75) is 13.3 Å². The lowest BCUT2D eigenvalue weighted by Gasteiger charge is -2.08. The van der Waals surface area contributed by atoms with Crippen LogP contribution in [0.2, 0.25) is 0 Å². The topological polar surface area (TPSA) is 38.0 Å². The van der Waals surface area contributed by atoms with Gasteiger partial charge in [-0.2, -0.15) is 0 Å². The number of anilines is 2. The second-order valence-electron chi connectivity index (χ2n) is 3.20. The van der Waals surface area contributed by atoms with Gasteiger partial charge < -0.3 is 11.1 Å². The van der Waals surface area contributed by atoms with Gasteiger partial charge in [-0.1, -0.05) is 19.1 Å². The zero-order chi connectivity index (χ0) is 10.6. The van der Waals surface area contributed by atoms with Crippen molar-refractivity contribution in [2.75, 3.05) is 17.6 Å². The quantitative estimate of drug-likeness (QED) is 0.571. The fraction of sp³-hybridized carbons (Fsp3) is 0.273. The zero-order valence-corrected chi connectivity index (χ0v) is 8.31. The van der Waals surface area contributed by atoms with E-state index in [2.05, 4.69) is 11.9 Å². The van der Waals surface area contributed by atoms with Crippen LogP contribution in [0.15, 0.2) is 30.4 Å². The van der Waals surface area contributed by atoms with E-state index in [4.69, 9.17) is 5.73 Å². The molecule has 0 aliphatic heterocycles. The molecule has 2 nitrogen and oxygen atoms in total. The van der Waals surface area contributed by atoms with Crippen LogP contribution >= 0.6 is 0 Å². The standard InChI is InChI=1S/C11H15FN2/c1-3-8(2)7-14-11-5-4-9(13)6-10(11)12/h4-6,14H,2-3,7,13H2,1H3. The van der Waals surface area contributed by atoms with Gasteiger partial charge in [-0.25, -0.2) is 4.39 Å². The molecule has 76 valence electrons. The largest absolute Gasteiger partial charge is 0.399 e. The summed E-state index contributed by atoms with van der Waals surface area (Å²) >= 11 is 0. The van der Waals surface area contributed by atoms with Crippen LogP contribution in [0.1, 0.15) is 13.3 Å². The van der Waals surface area contributed by atoms with Gasteiger partial charge in [-0.15, -0.1) is 0 Å². The third-order valence-electron chi connectivity index (χ3n) is 2.02. The summed E-state index contributed by atoms with van der Waals surface area (Å²) in [4.78, 5) is 0. The first-order chi connectivity index (χ1) is 6.63. The third kappa shape index (κ3) is 2.76. The van der Waals surface area contributed by atoms with Crippen LogP contribution in [0.25, 0.3) is 0 Å². The van der Waals surface area contributed by atoms with E-state index in [1.54, 1.807) is 12.1 Å². The molecule has 0 spiro atoms. The number of nitrogens with one attached hydrogen (secondary N) is 1. The van der Waals surface area contributed by atoms with Gasteiger partial charge in [0.05, 0.1) is 5.69 Å². The van der Waals surface area contributed by atoms with Crippen molar-refractivity contribution in [1.29, 1.82) is 0 Å². The van der Waals surface area contributed by atoms with E-state index >= 15 is 0 Å². The lowest BCUT2D eigenvalue weighted by molar-refractivity contribution is 0.631. The molecule has 0 saturated carbocycles. The highest BCUT2D eigenvalue weighted by molar-refractivity contribution is 5.53. The number of hydrogen-bond donors (Lipinski definition) is 2. The first-order valence-corrected chi connectivity index (χ1v) is 4.59. The van der Waals surface area contributed by atoms with Crippen LogP contribution in [0.4, 0.5) is 15.8 Å². The van der Waals surface area contributed by atoms with E-state index < -0.39 is 0 Å². The van der Waals surface area contributed by atoms with Crippen LogP contribution in [-0.2, 0) is 0 Å². The van der Waals surface area contributed by atoms with Gasteiger partial charge in [0, 0.05) is 12.2 Å². The van der Waals surface area contributed by atoms with Crippen molar-refractivity contribution in [1.82, 2.24) is 0 Å². The second-order valence-corrected chi connectivity index (χ2v) is 3.20. The number of halogens is 1. The average Bonchev–Trinajstić information content (AvgIpc) is 2.16. The van der Waals surface area contributed by atoms with Crippen molar-refractivity contribution in [2.24, 2.45) is 0 Å². The van der Waals surface area contributed by atoms with Gasteiger partial charge in [-0.3, -0.25) is 0 Å². The fourth-order valence-corrected chi connectivity index (χ4v) is 1.02. The summed E-state index contributed by atoms with van der Waals surface area (Å²) in [5, 5.41) is 2.96. The molecule has 0 unspecified atom stereocenters. The normalized spacial score (nSPS) is 9.86. The number of nitrogens with two attached hydrogens (primary N) is 1. The molecule has 14 heavy (non-hydrogen) atoms. The number of nitrogen functional groups attached to an aromatic ring is 1. The second kappa shape index (κ2) is 4.65. The van der Waals surface area contributed by atoms with Gasteiger partial charge in [0.1, 0.15) is 5.82 Å². The van der Waals surface area contributed by atoms with Crippen molar-refractivity contribution >= 4 is 11.4 Å². The smallest absolute Gasteiger partial charge is 0.148 e. The maximum absolute atomic E-state index is 13.2. The summed E-state index contributed by atoms with van der Waals surface area (Å²) in [5.74, 6) is -0.325. The van der Waals surface area contributed by atoms with E-state index in [-0.39, 0.29) is 5.82 Å². The summed E-state index contributed by atoms with van der Waals surface area (Å²) in [6, 6.07) is 4.60. The SMILES string of the molecule is C=C(CC)CNc1ccc(N)cc1F. The minimum atomic E-state index is -0.325. The summed E-state index contributed by atoms with van der Waals surface area (Å²) in [6.45, 7) is 6.44. The Morgan fingerprint density at radius 1 is 1.57 bits per heavy atom. The Labute approximate surface area is 83.6 Å². The summed E-state index contributed by atoms with van der Waals surface area (Å²) in [7, 11) is 0. The predicted octanol–water partition coefficient (Wildman–Crippen LogP) is 2.79. The molecule has 1 aromatic carbocycles. The van der Waals surface area contributed by atoms with Crippen LogP contribution < -0.4 is 11.1 Å². The van der Waals surface area contributed by atoms with Gasteiger partial charge in [0.15, 0.2) is 0 Å². The summed E-state index contributed by atoms with van der Waals surface area (Å²) in [6.07, 6.45) is 0.892. The van der Waals surface area contributed by atoms with Crippen LogP contribution in [-0.4, -0.2) is 6.54 Å². The molecule has 3 heteroatoms. The highest BCUT2D eigenvalue weighted by atomic mass is 19.1. The molecule has 0 fully saturated rings. The number of rotatable bonds is 4. The molecule has 0 saturated heterocycles. The molecule has 1 aromatic rings. The predicted molar refractivity (Wildman–Crippen MR) is 58.7 cm³/mol. The first kappa shape index (κ1) is 10.6. The maximum Gasteiger partial charge on any atom is 0.148 e. The van der Waals surface area contributed by atoms with E-state index in [1.807, 2.05) is 6.92 Å². The van der Waals surface area contributed by atoms with Gasteiger partial charge in [0.2, 0.25) is 0 Å². The van der Waals surface area contributed by atoms with Crippen LogP contribution in [0, 0.1) is 5.82 Å². The van der Waals surface area contributed by atoms with Crippen LogP contribution in [0.5, 0.6) is 0 Å². The molecular weight excluding hydrogens is 179 g/mol. The maximum atomic E-state index is 13.2. The van der Waals surface area contributed by atoms with Crippen molar-refractivity contribution in [3.63, 3.8) is 0 Å². The molecule has 1 rings (SSSR count).